The van der Waals surface area contributed by atoms with Gasteiger partial charge in [-0.25, -0.2) is 0 Å². The Morgan fingerprint density at radius 1 is 1.45 bits per heavy atom. The van der Waals surface area contributed by atoms with Gasteiger partial charge in [-0.15, -0.1) is 0 Å². The third-order valence-electron chi connectivity index (χ3n) is 3.77. The summed E-state index contributed by atoms with van der Waals surface area (Å²) in [5.74, 6) is 0.271. The van der Waals surface area contributed by atoms with Crippen molar-refractivity contribution in [2.45, 2.75) is 38.1 Å². The van der Waals surface area contributed by atoms with Gasteiger partial charge in [-0.1, -0.05) is 43.0 Å². The first-order valence-corrected chi connectivity index (χ1v) is 8.12. The fourth-order valence-electron chi connectivity index (χ4n) is 2.67. The molecule has 0 saturated heterocycles. The van der Waals surface area contributed by atoms with Crippen LogP contribution in [0.25, 0.3) is 0 Å². The summed E-state index contributed by atoms with van der Waals surface area (Å²) in [5.41, 5.74) is 5.94. The van der Waals surface area contributed by atoms with E-state index >= 15 is 0 Å². The number of hydrogen-bond donors (Lipinski definition) is 2. The molecule has 0 aromatic heterocycles. The SMILES string of the molecule is CC1CCCC(N)(C(=O)Nc2ccc(Br)c(Cl)c2Cl)C1. The van der Waals surface area contributed by atoms with Crippen LogP contribution in [0.15, 0.2) is 16.6 Å². The first-order valence-electron chi connectivity index (χ1n) is 6.57. The Hall–Kier alpha value is -0.290. The first-order chi connectivity index (χ1) is 9.33. The lowest BCUT2D eigenvalue weighted by molar-refractivity contribution is -0.122. The normalized spacial score (nSPS) is 26.4. The Bertz CT molecular complexity index is 538. The van der Waals surface area contributed by atoms with Crippen LogP contribution < -0.4 is 11.1 Å². The van der Waals surface area contributed by atoms with E-state index in [4.69, 9.17) is 28.9 Å². The van der Waals surface area contributed by atoms with Gasteiger partial charge >= 0.3 is 0 Å². The molecule has 3 N–H and O–H groups in total. The van der Waals surface area contributed by atoms with Crippen molar-refractivity contribution in [1.82, 2.24) is 0 Å². The highest BCUT2D eigenvalue weighted by molar-refractivity contribution is 9.10. The van der Waals surface area contributed by atoms with Gasteiger partial charge in [-0.05, 0) is 46.8 Å². The Morgan fingerprint density at radius 2 is 2.15 bits per heavy atom. The second-order valence-corrected chi connectivity index (χ2v) is 7.14. The zero-order valence-corrected chi connectivity index (χ0v) is 14.3. The van der Waals surface area contributed by atoms with Crippen LogP contribution >= 0.6 is 39.1 Å². The molecule has 2 unspecified atom stereocenters. The number of benzene rings is 1. The van der Waals surface area contributed by atoms with E-state index in [1.54, 1.807) is 12.1 Å². The lowest BCUT2D eigenvalue weighted by Crippen LogP contribution is -2.53. The van der Waals surface area contributed by atoms with Crippen LogP contribution in [-0.2, 0) is 4.79 Å². The molecule has 3 nitrogen and oxygen atoms in total. The molecule has 2 rings (SSSR count). The van der Waals surface area contributed by atoms with Crippen molar-refractivity contribution >= 4 is 50.7 Å². The maximum absolute atomic E-state index is 12.4. The maximum atomic E-state index is 12.4. The minimum absolute atomic E-state index is 0.190. The third kappa shape index (κ3) is 3.30. The zero-order valence-electron chi connectivity index (χ0n) is 11.2. The molecule has 6 heteroatoms. The molecule has 0 aliphatic heterocycles. The molecule has 20 heavy (non-hydrogen) atoms. The van der Waals surface area contributed by atoms with Gasteiger partial charge in [0.05, 0.1) is 21.3 Å². The molecule has 1 saturated carbocycles. The second kappa shape index (κ2) is 6.22. The predicted octanol–water partition coefficient (Wildman–Crippen LogP) is 4.60. The van der Waals surface area contributed by atoms with Crippen LogP contribution in [0.2, 0.25) is 10.0 Å². The molecule has 0 radical (unpaired) electrons. The molecule has 1 aromatic rings. The van der Waals surface area contributed by atoms with Crippen LogP contribution in [0.5, 0.6) is 0 Å². The fraction of sp³-hybridized carbons (Fsp3) is 0.500. The number of anilines is 1. The van der Waals surface area contributed by atoms with Gasteiger partial charge in [0.2, 0.25) is 5.91 Å². The number of nitrogens with two attached hydrogens (primary N) is 1. The van der Waals surface area contributed by atoms with E-state index in [0.29, 0.717) is 39.0 Å². The van der Waals surface area contributed by atoms with E-state index in [9.17, 15) is 4.79 Å². The Labute approximate surface area is 137 Å². The summed E-state index contributed by atoms with van der Waals surface area (Å²) < 4.78 is 0.691. The first kappa shape index (κ1) is 16.1. The highest BCUT2D eigenvalue weighted by atomic mass is 79.9. The monoisotopic (exact) mass is 378 g/mol. The fourth-order valence-corrected chi connectivity index (χ4v) is 3.49. The van der Waals surface area contributed by atoms with Crippen molar-refractivity contribution < 1.29 is 4.79 Å². The molecule has 1 aliphatic carbocycles. The van der Waals surface area contributed by atoms with Crippen molar-refractivity contribution in [1.29, 1.82) is 0 Å². The lowest BCUT2D eigenvalue weighted by Gasteiger charge is -2.35. The van der Waals surface area contributed by atoms with Gasteiger partial charge in [0.1, 0.15) is 0 Å². The number of carbonyl (C=O) groups excluding carboxylic acids is 1. The molecule has 2 atom stereocenters. The molecule has 1 aliphatic rings. The van der Waals surface area contributed by atoms with Crippen LogP contribution in [-0.4, -0.2) is 11.4 Å². The van der Waals surface area contributed by atoms with Gasteiger partial charge in [0, 0.05) is 4.47 Å². The van der Waals surface area contributed by atoms with Crippen LogP contribution in [0.4, 0.5) is 5.69 Å². The molecule has 0 heterocycles. The Balaban J connectivity index is 2.18. The Kier molecular flexibility index (Phi) is 5.00. The van der Waals surface area contributed by atoms with Crippen LogP contribution in [0.3, 0.4) is 0 Å². The smallest absolute Gasteiger partial charge is 0.244 e. The van der Waals surface area contributed by atoms with E-state index in [0.717, 1.165) is 12.8 Å². The van der Waals surface area contributed by atoms with E-state index in [1.165, 1.54) is 0 Å². The zero-order chi connectivity index (χ0) is 14.9. The summed E-state index contributed by atoms with van der Waals surface area (Å²) in [6.07, 6.45) is 3.49. The van der Waals surface area contributed by atoms with E-state index in [-0.39, 0.29) is 5.91 Å². The molecule has 1 amide bonds. The highest BCUT2D eigenvalue weighted by Gasteiger charge is 2.38. The topological polar surface area (TPSA) is 55.1 Å². The van der Waals surface area contributed by atoms with Gasteiger partial charge in [-0.2, -0.15) is 0 Å². The summed E-state index contributed by atoms with van der Waals surface area (Å²) in [6.45, 7) is 2.12. The van der Waals surface area contributed by atoms with Crippen molar-refractivity contribution in [2.75, 3.05) is 5.32 Å². The third-order valence-corrected chi connectivity index (χ3v) is 5.54. The molecule has 1 aromatic carbocycles. The molecule has 0 bridgehead atoms. The number of carbonyl (C=O) groups is 1. The van der Waals surface area contributed by atoms with Crippen molar-refractivity contribution in [3.63, 3.8) is 0 Å². The van der Waals surface area contributed by atoms with E-state index in [2.05, 4.69) is 28.2 Å². The van der Waals surface area contributed by atoms with Crippen molar-refractivity contribution in [3.8, 4) is 0 Å². The number of halogens is 3. The minimum Gasteiger partial charge on any atom is -0.323 e. The molecule has 1 fully saturated rings. The van der Waals surface area contributed by atoms with Crippen molar-refractivity contribution in [2.24, 2.45) is 11.7 Å². The summed E-state index contributed by atoms with van der Waals surface area (Å²) in [4.78, 5) is 12.4. The second-order valence-electron chi connectivity index (χ2n) is 5.53. The summed E-state index contributed by atoms with van der Waals surface area (Å²) in [5, 5.41) is 3.51. The van der Waals surface area contributed by atoms with Crippen LogP contribution in [0.1, 0.15) is 32.6 Å². The van der Waals surface area contributed by atoms with E-state index < -0.39 is 5.54 Å². The highest BCUT2D eigenvalue weighted by Crippen LogP contribution is 2.37. The van der Waals surface area contributed by atoms with E-state index in [1.807, 2.05) is 0 Å². The van der Waals surface area contributed by atoms with Crippen molar-refractivity contribution in [3.05, 3.63) is 26.7 Å². The number of amides is 1. The van der Waals surface area contributed by atoms with Gasteiger partial charge in [-0.3, -0.25) is 4.79 Å². The van der Waals surface area contributed by atoms with Crippen LogP contribution in [0, 0.1) is 5.92 Å². The van der Waals surface area contributed by atoms with Gasteiger partial charge in [0.15, 0.2) is 0 Å². The largest absolute Gasteiger partial charge is 0.323 e. The lowest BCUT2D eigenvalue weighted by atomic mass is 9.76. The number of hydrogen-bond acceptors (Lipinski definition) is 2. The summed E-state index contributed by atoms with van der Waals surface area (Å²) >= 11 is 15.5. The Morgan fingerprint density at radius 3 is 2.80 bits per heavy atom. The summed E-state index contributed by atoms with van der Waals surface area (Å²) in [7, 11) is 0. The number of rotatable bonds is 2. The van der Waals surface area contributed by atoms with Gasteiger partial charge in [0.25, 0.3) is 0 Å². The van der Waals surface area contributed by atoms with Gasteiger partial charge < -0.3 is 11.1 Å². The quantitative estimate of drug-likeness (QED) is 0.737. The predicted molar refractivity (Wildman–Crippen MR) is 87.3 cm³/mol. The minimum atomic E-state index is -0.819. The summed E-state index contributed by atoms with van der Waals surface area (Å²) in [6, 6.07) is 3.46. The number of nitrogens with one attached hydrogen (secondary N) is 1. The average Bonchev–Trinajstić information content (AvgIpc) is 2.39. The maximum Gasteiger partial charge on any atom is 0.244 e. The molecule has 0 spiro atoms. The standard InChI is InChI=1S/C14H17BrCl2N2O/c1-8-3-2-6-14(18,7-8)13(20)19-10-5-4-9(15)11(16)12(10)17/h4-5,8H,2-3,6-7,18H2,1H3,(H,19,20). The molecule has 110 valence electrons. The molecular formula is C14H17BrCl2N2O. The average molecular weight is 380 g/mol. The molecular weight excluding hydrogens is 363 g/mol.